The minimum absolute atomic E-state index is 0.0874. The maximum Gasteiger partial charge on any atom is 0.330 e. The first-order chi connectivity index (χ1) is 10.2. The SMILES string of the molecule is COC(=O)/C=C/c1cccc(NC(=O)C2CCSCC2)c1. The van der Waals surface area contributed by atoms with Crippen LogP contribution >= 0.6 is 11.8 Å². The molecule has 1 aromatic rings. The fraction of sp³-hybridized carbons (Fsp3) is 0.375. The second-order valence-electron chi connectivity index (χ2n) is 4.86. The largest absolute Gasteiger partial charge is 0.466 e. The zero-order chi connectivity index (χ0) is 15.1. The van der Waals surface area contributed by atoms with Crippen LogP contribution in [0.25, 0.3) is 6.08 Å². The first kappa shape index (κ1) is 15.6. The highest BCUT2D eigenvalue weighted by atomic mass is 32.2. The zero-order valence-electron chi connectivity index (χ0n) is 12.0. The molecule has 1 saturated heterocycles. The molecule has 1 amide bonds. The van der Waals surface area contributed by atoms with Crippen LogP contribution in [0.1, 0.15) is 18.4 Å². The van der Waals surface area contributed by atoms with Crippen molar-refractivity contribution in [2.24, 2.45) is 5.92 Å². The van der Waals surface area contributed by atoms with Gasteiger partial charge in [-0.05, 0) is 48.1 Å². The molecule has 0 aliphatic carbocycles. The summed E-state index contributed by atoms with van der Waals surface area (Å²) in [6, 6.07) is 7.41. The first-order valence-electron chi connectivity index (χ1n) is 6.94. The fourth-order valence-electron chi connectivity index (χ4n) is 2.16. The van der Waals surface area contributed by atoms with Crippen LogP contribution in [0.2, 0.25) is 0 Å². The molecule has 1 aliphatic heterocycles. The Kier molecular flexibility index (Phi) is 5.87. The van der Waals surface area contributed by atoms with E-state index in [4.69, 9.17) is 0 Å². The van der Waals surface area contributed by atoms with Crippen molar-refractivity contribution in [2.45, 2.75) is 12.8 Å². The number of esters is 1. The van der Waals surface area contributed by atoms with Crippen molar-refractivity contribution in [2.75, 3.05) is 23.9 Å². The number of hydrogen-bond donors (Lipinski definition) is 1. The van der Waals surface area contributed by atoms with Gasteiger partial charge in [0.05, 0.1) is 7.11 Å². The molecular formula is C16H19NO3S. The third-order valence-electron chi connectivity index (χ3n) is 3.36. The average Bonchev–Trinajstić information content (AvgIpc) is 2.53. The summed E-state index contributed by atoms with van der Waals surface area (Å²) in [6.07, 6.45) is 4.91. The van der Waals surface area contributed by atoms with Crippen molar-refractivity contribution < 1.29 is 14.3 Å². The summed E-state index contributed by atoms with van der Waals surface area (Å²) in [7, 11) is 1.34. The number of carbonyl (C=O) groups is 2. The van der Waals surface area contributed by atoms with Gasteiger partial charge in [0.15, 0.2) is 0 Å². The Morgan fingerprint density at radius 2 is 2.10 bits per heavy atom. The Morgan fingerprint density at radius 3 is 2.81 bits per heavy atom. The number of methoxy groups -OCH3 is 1. The fourth-order valence-corrected chi connectivity index (χ4v) is 3.26. The molecule has 0 bridgehead atoms. The molecule has 0 atom stereocenters. The van der Waals surface area contributed by atoms with Crippen molar-refractivity contribution in [1.29, 1.82) is 0 Å². The number of rotatable bonds is 4. The van der Waals surface area contributed by atoms with Crippen molar-refractivity contribution in [1.82, 2.24) is 0 Å². The molecule has 1 aromatic carbocycles. The molecular weight excluding hydrogens is 286 g/mol. The lowest BCUT2D eigenvalue weighted by Crippen LogP contribution is -2.26. The van der Waals surface area contributed by atoms with E-state index in [1.165, 1.54) is 13.2 Å². The molecule has 112 valence electrons. The Hall–Kier alpha value is -1.75. The highest BCUT2D eigenvalue weighted by Gasteiger charge is 2.21. The summed E-state index contributed by atoms with van der Waals surface area (Å²) in [5.41, 5.74) is 1.60. The monoisotopic (exact) mass is 305 g/mol. The number of hydrogen-bond acceptors (Lipinski definition) is 4. The van der Waals surface area contributed by atoms with E-state index in [9.17, 15) is 9.59 Å². The minimum atomic E-state index is -0.399. The van der Waals surface area contributed by atoms with Crippen molar-refractivity contribution in [3.05, 3.63) is 35.9 Å². The molecule has 1 aliphatic rings. The van der Waals surface area contributed by atoms with Crippen LogP contribution in [-0.4, -0.2) is 30.5 Å². The smallest absolute Gasteiger partial charge is 0.330 e. The molecule has 0 spiro atoms. The summed E-state index contributed by atoms with van der Waals surface area (Å²) < 4.78 is 4.55. The van der Waals surface area contributed by atoms with Crippen LogP contribution in [0.4, 0.5) is 5.69 Å². The maximum atomic E-state index is 12.2. The third kappa shape index (κ3) is 4.93. The predicted molar refractivity (Wildman–Crippen MR) is 86.2 cm³/mol. The van der Waals surface area contributed by atoms with Crippen LogP contribution in [0, 0.1) is 5.92 Å². The van der Waals surface area contributed by atoms with E-state index in [1.54, 1.807) is 6.08 Å². The average molecular weight is 305 g/mol. The van der Waals surface area contributed by atoms with Crippen LogP contribution in [0.3, 0.4) is 0 Å². The quantitative estimate of drug-likeness (QED) is 0.686. The number of ether oxygens (including phenoxy) is 1. The number of benzene rings is 1. The van der Waals surface area contributed by atoms with Gasteiger partial charge in [0.25, 0.3) is 0 Å². The van der Waals surface area contributed by atoms with Crippen molar-refractivity contribution >= 4 is 35.4 Å². The van der Waals surface area contributed by atoms with Gasteiger partial charge in [-0.15, -0.1) is 0 Å². The van der Waals surface area contributed by atoms with Crippen LogP contribution in [0.15, 0.2) is 30.3 Å². The normalized spacial score (nSPS) is 15.9. The Labute approximate surface area is 128 Å². The Balaban J connectivity index is 1.98. The summed E-state index contributed by atoms with van der Waals surface area (Å²) in [5, 5.41) is 2.96. The first-order valence-corrected chi connectivity index (χ1v) is 8.09. The van der Waals surface area contributed by atoms with Gasteiger partial charge in [-0.25, -0.2) is 4.79 Å². The molecule has 0 saturated carbocycles. The Bertz CT molecular complexity index is 536. The van der Waals surface area contributed by atoms with Gasteiger partial charge in [0.1, 0.15) is 0 Å². The Morgan fingerprint density at radius 1 is 1.33 bits per heavy atom. The summed E-state index contributed by atoms with van der Waals surface area (Å²) >= 11 is 1.90. The number of thioether (sulfide) groups is 1. The molecule has 0 aromatic heterocycles. The van der Waals surface area contributed by atoms with Gasteiger partial charge in [-0.1, -0.05) is 12.1 Å². The molecule has 1 N–H and O–H groups in total. The van der Waals surface area contributed by atoms with Gasteiger partial charge in [0.2, 0.25) is 5.91 Å². The minimum Gasteiger partial charge on any atom is -0.466 e. The molecule has 0 unspecified atom stereocenters. The third-order valence-corrected chi connectivity index (χ3v) is 4.41. The number of nitrogens with one attached hydrogen (secondary N) is 1. The lowest BCUT2D eigenvalue weighted by molar-refractivity contribution is -0.134. The molecule has 21 heavy (non-hydrogen) atoms. The molecule has 4 nitrogen and oxygen atoms in total. The summed E-state index contributed by atoms with van der Waals surface area (Å²) in [4.78, 5) is 23.3. The van der Waals surface area contributed by atoms with Gasteiger partial charge >= 0.3 is 5.97 Å². The molecule has 2 rings (SSSR count). The second-order valence-corrected chi connectivity index (χ2v) is 6.08. The molecule has 5 heteroatoms. The van der Waals surface area contributed by atoms with Gasteiger partial charge < -0.3 is 10.1 Å². The highest BCUT2D eigenvalue weighted by Crippen LogP contribution is 2.24. The van der Waals surface area contributed by atoms with E-state index in [0.717, 1.165) is 35.6 Å². The second kappa shape index (κ2) is 7.88. The van der Waals surface area contributed by atoms with E-state index >= 15 is 0 Å². The molecule has 0 radical (unpaired) electrons. The predicted octanol–water partition coefficient (Wildman–Crippen LogP) is 2.95. The standard InChI is InChI=1S/C16H19NO3S/c1-20-15(18)6-5-12-3-2-4-14(11-12)17-16(19)13-7-9-21-10-8-13/h2-6,11,13H,7-10H2,1H3,(H,17,19)/b6-5+. The van der Waals surface area contributed by atoms with Crippen molar-refractivity contribution in [3.63, 3.8) is 0 Å². The molecule has 1 fully saturated rings. The number of amides is 1. The highest BCUT2D eigenvalue weighted by molar-refractivity contribution is 7.99. The summed E-state index contributed by atoms with van der Waals surface area (Å²) in [6.45, 7) is 0. The lowest BCUT2D eigenvalue weighted by Gasteiger charge is -2.20. The van der Waals surface area contributed by atoms with Crippen LogP contribution < -0.4 is 5.32 Å². The van der Waals surface area contributed by atoms with Gasteiger partial charge in [-0.3, -0.25) is 4.79 Å². The van der Waals surface area contributed by atoms with E-state index < -0.39 is 5.97 Å². The maximum absolute atomic E-state index is 12.2. The lowest BCUT2D eigenvalue weighted by atomic mass is 10.0. The summed E-state index contributed by atoms with van der Waals surface area (Å²) in [5.74, 6) is 1.91. The van der Waals surface area contributed by atoms with E-state index in [-0.39, 0.29) is 11.8 Å². The van der Waals surface area contributed by atoms with E-state index in [1.807, 2.05) is 36.0 Å². The van der Waals surface area contributed by atoms with Crippen LogP contribution in [-0.2, 0) is 14.3 Å². The molecule has 1 heterocycles. The topological polar surface area (TPSA) is 55.4 Å². The van der Waals surface area contributed by atoms with Crippen LogP contribution in [0.5, 0.6) is 0 Å². The van der Waals surface area contributed by atoms with Crippen molar-refractivity contribution in [3.8, 4) is 0 Å². The number of carbonyl (C=O) groups excluding carboxylic acids is 2. The zero-order valence-corrected chi connectivity index (χ0v) is 12.8. The van der Waals surface area contributed by atoms with E-state index in [0.29, 0.717) is 0 Å². The van der Waals surface area contributed by atoms with Gasteiger partial charge in [-0.2, -0.15) is 11.8 Å². The number of anilines is 1. The van der Waals surface area contributed by atoms with Gasteiger partial charge in [0, 0.05) is 17.7 Å². The van der Waals surface area contributed by atoms with E-state index in [2.05, 4.69) is 10.1 Å².